The normalized spacial score (nSPS) is 21.3. The average molecular weight is 541 g/mol. The highest BCUT2D eigenvalue weighted by atomic mass is 32.2. The highest BCUT2D eigenvalue weighted by molar-refractivity contribution is 7.99. The minimum atomic E-state index is -0.298. The molecule has 0 radical (unpaired) electrons. The van der Waals surface area contributed by atoms with E-state index in [2.05, 4.69) is 48.5 Å². The Morgan fingerprint density at radius 2 is 0.692 bits per heavy atom. The van der Waals surface area contributed by atoms with Crippen LogP contribution in [0.25, 0.3) is 0 Å². The molecule has 39 heavy (non-hydrogen) atoms. The molecule has 5 heteroatoms. The van der Waals surface area contributed by atoms with Gasteiger partial charge in [-0.05, 0) is 22.3 Å². The van der Waals surface area contributed by atoms with E-state index in [0.717, 1.165) is 33.8 Å². The smallest absolute Gasteiger partial charge is 0.114 e. The molecule has 1 aliphatic rings. The fourth-order valence-corrected chi connectivity index (χ4v) is 5.86. The number of thioether (sulfide) groups is 1. The van der Waals surface area contributed by atoms with Gasteiger partial charge in [0.25, 0.3) is 0 Å². The van der Waals surface area contributed by atoms with Crippen LogP contribution in [0.5, 0.6) is 0 Å². The molecular formula is C34H36O4S. The second kappa shape index (κ2) is 15.0. The van der Waals surface area contributed by atoms with Crippen LogP contribution in [0.1, 0.15) is 22.3 Å². The molecule has 4 nitrogen and oxygen atoms in total. The zero-order chi connectivity index (χ0) is 26.5. The fourth-order valence-electron chi connectivity index (χ4n) is 4.69. The zero-order valence-corrected chi connectivity index (χ0v) is 23.0. The first-order chi connectivity index (χ1) is 19.3. The van der Waals surface area contributed by atoms with E-state index in [1.807, 2.05) is 84.6 Å². The summed E-state index contributed by atoms with van der Waals surface area (Å²) in [4.78, 5) is 0. The molecule has 1 fully saturated rings. The van der Waals surface area contributed by atoms with E-state index in [4.69, 9.17) is 18.9 Å². The van der Waals surface area contributed by atoms with Gasteiger partial charge in [0, 0.05) is 11.5 Å². The molecule has 0 unspecified atom stereocenters. The van der Waals surface area contributed by atoms with Gasteiger partial charge >= 0.3 is 0 Å². The molecule has 4 aromatic carbocycles. The van der Waals surface area contributed by atoms with Crippen molar-refractivity contribution in [2.24, 2.45) is 0 Å². The van der Waals surface area contributed by atoms with E-state index in [1.54, 1.807) is 0 Å². The van der Waals surface area contributed by atoms with E-state index in [1.165, 1.54) is 0 Å². The first-order valence-corrected chi connectivity index (χ1v) is 14.7. The second-order valence-electron chi connectivity index (χ2n) is 9.73. The van der Waals surface area contributed by atoms with Crippen molar-refractivity contribution < 1.29 is 18.9 Å². The van der Waals surface area contributed by atoms with E-state index in [9.17, 15) is 0 Å². The maximum absolute atomic E-state index is 6.69. The van der Waals surface area contributed by atoms with Crippen LogP contribution < -0.4 is 0 Å². The van der Waals surface area contributed by atoms with Gasteiger partial charge in [0.15, 0.2) is 0 Å². The van der Waals surface area contributed by atoms with Gasteiger partial charge in [-0.15, -0.1) is 0 Å². The van der Waals surface area contributed by atoms with Gasteiger partial charge in [0.05, 0.1) is 38.6 Å². The molecule has 5 rings (SSSR count). The highest BCUT2D eigenvalue weighted by Gasteiger charge is 2.41. The van der Waals surface area contributed by atoms with Crippen molar-refractivity contribution in [3.63, 3.8) is 0 Å². The summed E-state index contributed by atoms with van der Waals surface area (Å²) < 4.78 is 26.5. The van der Waals surface area contributed by atoms with Gasteiger partial charge in [-0.3, -0.25) is 0 Å². The molecule has 0 N–H and O–H groups in total. The average Bonchev–Trinajstić information content (AvgIpc) is 3.17. The third kappa shape index (κ3) is 8.53. The third-order valence-electron chi connectivity index (χ3n) is 6.81. The van der Waals surface area contributed by atoms with Crippen molar-refractivity contribution in [3.8, 4) is 0 Å². The second-order valence-corrected chi connectivity index (χ2v) is 10.8. The van der Waals surface area contributed by atoms with E-state index in [0.29, 0.717) is 26.4 Å². The summed E-state index contributed by atoms with van der Waals surface area (Å²) in [5, 5.41) is 0. The monoisotopic (exact) mass is 540 g/mol. The molecule has 1 heterocycles. The number of benzene rings is 4. The minimum absolute atomic E-state index is 0.148. The fraction of sp³-hybridized carbons (Fsp3) is 0.294. The summed E-state index contributed by atoms with van der Waals surface area (Å²) in [5.41, 5.74) is 4.54. The van der Waals surface area contributed by atoms with Crippen molar-refractivity contribution in [2.45, 2.75) is 50.8 Å². The Hall–Kier alpha value is -2.93. The Labute approximate surface area is 236 Å². The summed E-state index contributed by atoms with van der Waals surface area (Å²) >= 11 is 1.84. The van der Waals surface area contributed by atoms with Gasteiger partial charge in [-0.2, -0.15) is 11.8 Å². The van der Waals surface area contributed by atoms with Crippen LogP contribution >= 0.6 is 11.8 Å². The number of ether oxygens (including phenoxy) is 4. The maximum Gasteiger partial charge on any atom is 0.114 e. The lowest BCUT2D eigenvalue weighted by Crippen LogP contribution is -2.49. The van der Waals surface area contributed by atoms with Gasteiger partial charge in [0.2, 0.25) is 0 Å². The number of rotatable bonds is 12. The van der Waals surface area contributed by atoms with Crippen molar-refractivity contribution in [3.05, 3.63) is 144 Å². The van der Waals surface area contributed by atoms with Crippen LogP contribution in [-0.2, 0) is 45.4 Å². The molecule has 0 aromatic heterocycles. The summed E-state index contributed by atoms with van der Waals surface area (Å²) in [6, 6.07) is 41.2. The molecule has 1 saturated heterocycles. The van der Waals surface area contributed by atoms with Gasteiger partial charge in [0.1, 0.15) is 12.2 Å². The molecule has 4 aromatic rings. The molecule has 0 amide bonds. The van der Waals surface area contributed by atoms with E-state index < -0.39 is 0 Å². The quantitative estimate of drug-likeness (QED) is 0.192. The maximum atomic E-state index is 6.69. The minimum Gasteiger partial charge on any atom is -0.370 e. The lowest BCUT2D eigenvalue weighted by molar-refractivity contribution is -0.179. The van der Waals surface area contributed by atoms with Gasteiger partial charge in [-0.25, -0.2) is 0 Å². The van der Waals surface area contributed by atoms with Crippen LogP contribution in [0.2, 0.25) is 0 Å². The largest absolute Gasteiger partial charge is 0.370 e. The van der Waals surface area contributed by atoms with Crippen molar-refractivity contribution >= 4 is 11.8 Å². The SMILES string of the molecule is c1ccc(CO[C@H]2[C@H](OCc3ccccc3)[C@H](OCc3ccccc3)CSC[C@@H]2OCc2ccccc2)cc1. The zero-order valence-electron chi connectivity index (χ0n) is 22.1. The molecule has 0 saturated carbocycles. The Morgan fingerprint density at radius 1 is 0.410 bits per heavy atom. The Bertz CT molecular complexity index is 1110. The predicted molar refractivity (Wildman–Crippen MR) is 157 cm³/mol. The van der Waals surface area contributed by atoms with E-state index >= 15 is 0 Å². The topological polar surface area (TPSA) is 36.9 Å². The molecule has 1 aliphatic heterocycles. The first-order valence-electron chi connectivity index (χ1n) is 13.5. The number of hydrogen-bond acceptors (Lipinski definition) is 5. The van der Waals surface area contributed by atoms with Crippen LogP contribution in [0, 0.1) is 0 Å². The van der Waals surface area contributed by atoms with Crippen molar-refractivity contribution in [1.82, 2.24) is 0 Å². The Kier molecular flexibility index (Phi) is 10.6. The molecule has 0 bridgehead atoms. The number of hydrogen-bond donors (Lipinski definition) is 0. The van der Waals surface area contributed by atoms with Gasteiger partial charge < -0.3 is 18.9 Å². The lowest BCUT2D eigenvalue weighted by atomic mass is 10.0. The predicted octanol–water partition coefficient (Wildman–Crippen LogP) is 7.07. The standard InChI is InChI=1S/C34H36O4S/c1-5-13-27(14-6-1)21-35-31-25-39-26-32(36-22-28-15-7-2-8-16-28)34(38-24-30-19-11-4-12-20-30)33(31)37-23-29-17-9-3-10-18-29/h1-20,31-34H,21-26H2/t31-,32+,33-,34-/m1/s1. The molecule has 202 valence electrons. The lowest BCUT2D eigenvalue weighted by Gasteiger charge is -2.35. The van der Waals surface area contributed by atoms with Crippen LogP contribution in [-0.4, -0.2) is 35.9 Å². The molecular weight excluding hydrogens is 504 g/mol. The van der Waals surface area contributed by atoms with Crippen LogP contribution in [0.15, 0.2) is 121 Å². The summed E-state index contributed by atoms with van der Waals surface area (Å²) in [7, 11) is 0. The van der Waals surface area contributed by atoms with E-state index in [-0.39, 0.29) is 24.4 Å². The third-order valence-corrected chi connectivity index (χ3v) is 7.93. The molecule has 0 aliphatic carbocycles. The Morgan fingerprint density at radius 3 is 1.00 bits per heavy atom. The van der Waals surface area contributed by atoms with Crippen LogP contribution in [0.4, 0.5) is 0 Å². The highest BCUT2D eigenvalue weighted by Crippen LogP contribution is 2.30. The van der Waals surface area contributed by atoms with Gasteiger partial charge in [-0.1, -0.05) is 121 Å². The summed E-state index contributed by atoms with van der Waals surface area (Å²) in [6.07, 6.45) is -0.892. The van der Waals surface area contributed by atoms with Crippen LogP contribution in [0.3, 0.4) is 0 Å². The molecule has 0 spiro atoms. The summed E-state index contributed by atoms with van der Waals surface area (Å²) in [5.74, 6) is 1.62. The van der Waals surface area contributed by atoms with Crippen molar-refractivity contribution in [2.75, 3.05) is 11.5 Å². The van der Waals surface area contributed by atoms with Crippen molar-refractivity contribution in [1.29, 1.82) is 0 Å². The first kappa shape index (κ1) is 27.6. The Balaban J connectivity index is 1.38. The molecule has 4 atom stereocenters. The summed E-state index contributed by atoms with van der Waals surface area (Å²) in [6.45, 7) is 2.02.